The molecule has 0 fully saturated rings. The third kappa shape index (κ3) is 4.45. The predicted octanol–water partition coefficient (Wildman–Crippen LogP) is 2.44. The molecule has 0 spiro atoms. The minimum absolute atomic E-state index is 0.0186. The molecule has 0 heterocycles. The Morgan fingerprint density at radius 1 is 1.31 bits per heavy atom. The van der Waals surface area contributed by atoms with Gasteiger partial charge in [0, 0.05) is 0 Å². The van der Waals surface area contributed by atoms with E-state index in [-0.39, 0.29) is 10.8 Å². The fraction of sp³-hybridized carbons (Fsp3) is 0.818. The van der Waals surface area contributed by atoms with Crippen molar-refractivity contribution >= 4 is 20.1 Å². The first kappa shape index (κ1) is 15.3. The molecule has 4 nitrogen and oxygen atoms in total. The predicted molar refractivity (Wildman–Crippen MR) is 65.0 cm³/mol. The van der Waals surface area contributed by atoms with Gasteiger partial charge in [-0.1, -0.05) is 20.8 Å². The fourth-order valence-corrected chi connectivity index (χ4v) is 2.35. The smallest absolute Gasteiger partial charge is 0.310 e. The van der Waals surface area contributed by atoms with Crippen LogP contribution < -0.4 is 0 Å². The molecule has 0 amide bonds. The first-order chi connectivity index (χ1) is 6.97. The van der Waals surface area contributed by atoms with Crippen LogP contribution in [0, 0.1) is 0 Å². The van der Waals surface area contributed by atoms with Crippen molar-refractivity contribution in [3.05, 3.63) is 0 Å². The van der Waals surface area contributed by atoms with Crippen LogP contribution in [0.5, 0.6) is 0 Å². The van der Waals surface area contributed by atoms with Crippen LogP contribution in [0.25, 0.3) is 0 Å². The zero-order chi connectivity index (χ0) is 13.1. The van der Waals surface area contributed by atoms with Crippen molar-refractivity contribution in [1.82, 2.24) is 0 Å². The van der Waals surface area contributed by atoms with E-state index in [4.69, 9.17) is 9.53 Å². The maximum atomic E-state index is 11.5. The SMILES string of the molecule is C[C@H](O[Si](C)(C)C(C)(C)C)C(=O)CC(=O)O. The molecule has 0 bridgehead atoms. The first-order valence-electron chi connectivity index (χ1n) is 5.39. The van der Waals surface area contributed by atoms with E-state index in [1.54, 1.807) is 6.92 Å². The van der Waals surface area contributed by atoms with Crippen LogP contribution in [0.4, 0.5) is 0 Å². The second-order valence-electron chi connectivity index (χ2n) is 5.56. The quantitative estimate of drug-likeness (QED) is 0.598. The van der Waals surface area contributed by atoms with Gasteiger partial charge in [-0.2, -0.15) is 0 Å². The zero-order valence-electron chi connectivity index (χ0n) is 11.0. The van der Waals surface area contributed by atoms with Crippen molar-refractivity contribution < 1.29 is 19.1 Å². The lowest BCUT2D eigenvalue weighted by atomic mass is 10.2. The molecule has 94 valence electrons. The minimum atomic E-state index is -2.00. The Hall–Kier alpha value is -0.683. The molecule has 5 heteroatoms. The van der Waals surface area contributed by atoms with E-state index in [0.717, 1.165) is 0 Å². The lowest BCUT2D eigenvalue weighted by molar-refractivity contribution is -0.142. The van der Waals surface area contributed by atoms with Crippen LogP contribution in [0.1, 0.15) is 34.1 Å². The Morgan fingerprint density at radius 3 is 2.06 bits per heavy atom. The highest BCUT2D eigenvalue weighted by Crippen LogP contribution is 2.37. The zero-order valence-corrected chi connectivity index (χ0v) is 12.0. The topological polar surface area (TPSA) is 63.6 Å². The maximum Gasteiger partial charge on any atom is 0.310 e. The summed E-state index contributed by atoms with van der Waals surface area (Å²) >= 11 is 0. The van der Waals surface area contributed by atoms with Gasteiger partial charge in [0.1, 0.15) is 12.5 Å². The highest BCUT2D eigenvalue weighted by molar-refractivity contribution is 6.74. The van der Waals surface area contributed by atoms with E-state index < -0.39 is 26.8 Å². The monoisotopic (exact) mass is 246 g/mol. The summed E-state index contributed by atoms with van der Waals surface area (Å²) in [5.74, 6) is -1.46. The molecule has 0 saturated heterocycles. The highest BCUT2D eigenvalue weighted by Gasteiger charge is 2.39. The Morgan fingerprint density at radius 2 is 1.75 bits per heavy atom. The second kappa shape index (κ2) is 5.10. The van der Waals surface area contributed by atoms with E-state index >= 15 is 0 Å². The van der Waals surface area contributed by atoms with Crippen molar-refractivity contribution in [2.75, 3.05) is 0 Å². The van der Waals surface area contributed by atoms with Crippen molar-refractivity contribution in [2.45, 2.75) is 58.4 Å². The largest absolute Gasteiger partial charge is 0.481 e. The van der Waals surface area contributed by atoms with E-state index in [1.807, 2.05) is 13.1 Å². The summed E-state index contributed by atoms with van der Waals surface area (Å²) in [6, 6.07) is 0. The minimum Gasteiger partial charge on any atom is -0.481 e. The van der Waals surface area contributed by atoms with Gasteiger partial charge in [-0.05, 0) is 25.1 Å². The molecule has 0 saturated carbocycles. The van der Waals surface area contributed by atoms with Gasteiger partial charge in [0.05, 0.1) is 0 Å². The number of carbonyl (C=O) groups is 2. The van der Waals surface area contributed by atoms with Gasteiger partial charge in [-0.3, -0.25) is 9.59 Å². The van der Waals surface area contributed by atoms with Crippen LogP contribution >= 0.6 is 0 Å². The number of hydrogen-bond donors (Lipinski definition) is 1. The molecule has 16 heavy (non-hydrogen) atoms. The number of aliphatic carboxylic acids is 1. The molecule has 0 aromatic heterocycles. The summed E-state index contributed by atoms with van der Waals surface area (Å²) in [6.07, 6.45) is -1.09. The third-order valence-electron chi connectivity index (χ3n) is 3.06. The summed E-state index contributed by atoms with van der Waals surface area (Å²) < 4.78 is 5.79. The molecule has 0 aromatic carbocycles. The van der Waals surface area contributed by atoms with Gasteiger partial charge in [-0.15, -0.1) is 0 Å². The molecule has 1 N–H and O–H groups in total. The van der Waals surface area contributed by atoms with Gasteiger partial charge in [-0.25, -0.2) is 0 Å². The Bertz CT molecular complexity index is 278. The number of rotatable bonds is 5. The number of hydrogen-bond acceptors (Lipinski definition) is 3. The van der Waals surface area contributed by atoms with Crippen molar-refractivity contribution in [1.29, 1.82) is 0 Å². The summed E-state index contributed by atoms with van der Waals surface area (Å²) in [6.45, 7) is 11.9. The number of carboxylic acid groups (broad SMARTS) is 1. The Balaban J connectivity index is 4.50. The normalized spacial score (nSPS) is 14.6. The average molecular weight is 246 g/mol. The summed E-state index contributed by atoms with van der Waals surface area (Å²) in [7, 11) is -2.00. The molecule has 0 radical (unpaired) electrons. The van der Waals surface area contributed by atoms with Gasteiger partial charge >= 0.3 is 5.97 Å². The number of carboxylic acids is 1. The summed E-state index contributed by atoms with van der Waals surface area (Å²) in [5.41, 5.74) is 0. The number of Topliss-reactive ketones (excluding diaryl/α,β-unsaturated/α-hetero) is 1. The fourth-order valence-electron chi connectivity index (χ4n) is 0.977. The molecular weight excluding hydrogens is 224 g/mol. The summed E-state index contributed by atoms with van der Waals surface area (Å²) in [4.78, 5) is 21.9. The summed E-state index contributed by atoms with van der Waals surface area (Å²) in [5, 5.41) is 8.54. The Kier molecular flexibility index (Phi) is 4.88. The Labute approximate surface area is 98.1 Å². The van der Waals surface area contributed by atoms with Crippen LogP contribution in [0.2, 0.25) is 18.1 Å². The molecular formula is C11H22O4Si. The highest BCUT2D eigenvalue weighted by atomic mass is 28.4. The van der Waals surface area contributed by atoms with Crippen molar-refractivity contribution in [3.63, 3.8) is 0 Å². The van der Waals surface area contributed by atoms with Crippen LogP contribution in [-0.4, -0.2) is 31.3 Å². The lowest BCUT2D eigenvalue weighted by Crippen LogP contribution is -2.45. The molecule has 0 aliphatic heterocycles. The van der Waals surface area contributed by atoms with Gasteiger partial charge in [0.25, 0.3) is 0 Å². The molecule has 0 rings (SSSR count). The second-order valence-corrected chi connectivity index (χ2v) is 10.3. The van der Waals surface area contributed by atoms with E-state index in [0.29, 0.717) is 0 Å². The van der Waals surface area contributed by atoms with Gasteiger partial charge in [0.2, 0.25) is 0 Å². The molecule has 0 aliphatic carbocycles. The number of ketones is 1. The maximum absolute atomic E-state index is 11.5. The molecule has 1 atom stereocenters. The van der Waals surface area contributed by atoms with Crippen LogP contribution in [-0.2, 0) is 14.0 Å². The van der Waals surface area contributed by atoms with E-state index in [2.05, 4.69) is 20.8 Å². The van der Waals surface area contributed by atoms with Crippen LogP contribution in [0.15, 0.2) is 0 Å². The van der Waals surface area contributed by atoms with Gasteiger partial charge in [0.15, 0.2) is 14.1 Å². The van der Waals surface area contributed by atoms with Crippen LogP contribution in [0.3, 0.4) is 0 Å². The first-order valence-corrected chi connectivity index (χ1v) is 8.30. The van der Waals surface area contributed by atoms with E-state index in [1.165, 1.54) is 0 Å². The average Bonchev–Trinajstić information content (AvgIpc) is 1.99. The standard InChI is InChI=1S/C11H22O4Si/c1-8(9(12)7-10(13)14)15-16(5,6)11(2,3)4/h8H,7H2,1-6H3,(H,13,14)/t8-/m0/s1. The third-order valence-corrected chi connectivity index (χ3v) is 7.61. The van der Waals surface area contributed by atoms with Crippen molar-refractivity contribution in [3.8, 4) is 0 Å². The van der Waals surface area contributed by atoms with Crippen molar-refractivity contribution in [2.24, 2.45) is 0 Å². The molecule has 0 aliphatic rings. The van der Waals surface area contributed by atoms with E-state index in [9.17, 15) is 9.59 Å². The van der Waals surface area contributed by atoms with Gasteiger partial charge < -0.3 is 9.53 Å². The molecule has 0 unspecified atom stereocenters. The molecule has 0 aromatic rings. The number of carbonyl (C=O) groups excluding carboxylic acids is 1. The lowest BCUT2D eigenvalue weighted by Gasteiger charge is -2.38.